The zero-order chi connectivity index (χ0) is 13.2. The lowest BCUT2D eigenvalue weighted by molar-refractivity contribution is 0.297. The van der Waals surface area contributed by atoms with Crippen LogP contribution in [-0.4, -0.2) is 18.2 Å². The Morgan fingerprint density at radius 2 is 1.95 bits per heavy atom. The van der Waals surface area contributed by atoms with E-state index in [0.29, 0.717) is 18.8 Å². The number of rotatable bonds is 1. The molecule has 96 valence electrons. The monoisotopic (exact) mass is 254 g/mol. The minimum Gasteiger partial charge on any atom is -0.490 e. The highest BCUT2D eigenvalue weighted by Gasteiger charge is 2.13. The third-order valence-electron chi connectivity index (χ3n) is 3.19. The molecule has 0 atom stereocenters. The van der Waals surface area contributed by atoms with E-state index in [4.69, 9.17) is 14.7 Å². The van der Waals surface area contributed by atoms with Crippen LogP contribution in [0.4, 0.5) is 0 Å². The number of hydrogen-bond acceptors (Lipinski definition) is 3. The van der Waals surface area contributed by atoms with Crippen LogP contribution >= 0.6 is 0 Å². The van der Waals surface area contributed by atoms with E-state index in [1.165, 1.54) is 0 Å². The number of ether oxygens (including phenoxy) is 2. The number of aromatic nitrogens is 1. The molecule has 0 fully saturated rings. The first kappa shape index (κ1) is 11.7. The van der Waals surface area contributed by atoms with Crippen LogP contribution in [0, 0.1) is 18.3 Å². The van der Waals surface area contributed by atoms with Gasteiger partial charge >= 0.3 is 0 Å². The lowest BCUT2D eigenvalue weighted by Gasteiger charge is -2.08. The molecule has 0 bridgehead atoms. The molecule has 0 amide bonds. The Labute approximate surface area is 111 Å². The number of benzene rings is 1. The Morgan fingerprint density at radius 1 is 1.16 bits per heavy atom. The molecule has 2 aromatic rings. The average molecular weight is 254 g/mol. The topological polar surface area (TPSA) is 58.0 Å². The van der Waals surface area contributed by atoms with Crippen LogP contribution in [0.15, 0.2) is 24.3 Å². The molecule has 1 aromatic carbocycles. The van der Waals surface area contributed by atoms with E-state index in [0.717, 1.165) is 34.9 Å². The first-order valence-corrected chi connectivity index (χ1v) is 6.27. The van der Waals surface area contributed by atoms with Crippen molar-refractivity contribution < 1.29 is 9.47 Å². The minimum absolute atomic E-state index is 0.669. The summed E-state index contributed by atoms with van der Waals surface area (Å²) in [5.74, 6) is 1.55. The van der Waals surface area contributed by atoms with Gasteiger partial charge in [-0.1, -0.05) is 0 Å². The van der Waals surface area contributed by atoms with Gasteiger partial charge in [-0.25, -0.2) is 0 Å². The minimum atomic E-state index is 0.669. The number of nitrogens with zero attached hydrogens (tertiary/aromatic N) is 1. The Morgan fingerprint density at radius 3 is 2.68 bits per heavy atom. The predicted molar refractivity (Wildman–Crippen MR) is 71.3 cm³/mol. The van der Waals surface area contributed by atoms with Crippen LogP contribution in [-0.2, 0) is 0 Å². The van der Waals surface area contributed by atoms with E-state index >= 15 is 0 Å². The number of nitriles is 1. The first-order chi connectivity index (χ1) is 9.28. The van der Waals surface area contributed by atoms with Gasteiger partial charge < -0.3 is 14.5 Å². The molecule has 2 heterocycles. The van der Waals surface area contributed by atoms with Crippen LogP contribution in [0.5, 0.6) is 11.5 Å². The quantitative estimate of drug-likeness (QED) is 0.851. The Balaban J connectivity index is 2.01. The molecule has 0 radical (unpaired) electrons. The third kappa shape index (κ3) is 2.15. The van der Waals surface area contributed by atoms with Crippen molar-refractivity contribution in [3.63, 3.8) is 0 Å². The highest BCUT2D eigenvalue weighted by Crippen LogP contribution is 2.34. The molecule has 0 saturated heterocycles. The fraction of sp³-hybridized carbons (Fsp3) is 0.267. The van der Waals surface area contributed by atoms with Crippen molar-refractivity contribution in [2.45, 2.75) is 13.3 Å². The second-order valence-electron chi connectivity index (χ2n) is 4.55. The SMILES string of the molecule is Cc1[nH]c(-c2ccc3c(c2)OCCCO3)cc1C#N. The van der Waals surface area contributed by atoms with Gasteiger partial charge in [0.15, 0.2) is 11.5 Å². The highest BCUT2D eigenvalue weighted by atomic mass is 16.5. The van der Waals surface area contributed by atoms with Crippen molar-refractivity contribution in [2.24, 2.45) is 0 Å². The molecular weight excluding hydrogens is 240 g/mol. The fourth-order valence-corrected chi connectivity index (χ4v) is 2.16. The van der Waals surface area contributed by atoms with Crippen molar-refractivity contribution in [2.75, 3.05) is 13.2 Å². The number of aromatic amines is 1. The van der Waals surface area contributed by atoms with Gasteiger partial charge in [0.05, 0.1) is 18.8 Å². The average Bonchev–Trinajstić information content (AvgIpc) is 2.66. The Hall–Kier alpha value is -2.41. The molecule has 4 nitrogen and oxygen atoms in total. The zero-order valence-corrected chi connectivity index (χ0v) is 10.7. The van der Waals surface area contributed by atoms with Crippen LogP contribution in [0.2, 0.25) is 0 Å². The summed E-state index contributed by atoms with van der Waals surface area (Å²) in [6.07, 6.45) is 0.893. The second kappa shape index (κ2) is 4.69. The van der Waals surface area contributed by atoms with Crippen LogP contribution in [0.3, 0.4) is 0 Å². The number of hydrogen-bond donors (Lipinski definition) is 1. The summed E-state index contributed by atoms with van der Waals surface area (Å²) in [6.45, 7) is 3.25. The van der Waals surface area contributed by atoms with Crippen LogP contribution < -0.4 is 9.47 Å². The smallest absolute Gasteiger partial charge is 0.161 e. The van der Waals surface area contributed by atoms with Gasteiger partial charge in [0.25, 0.3) is 0 Å². The highest BCUT2D eigenvalue weighted by molar-refractivity contribution is 5.66. The van der Waals surface area contributed by atoms with E-state index in [9.17, 15) is 0 Å². The maximum atomic E-state index is 8.99. The van der Waals surface area contributed by atoms with Crippen LogP contribution in [0.1, 0.15) is 17.7 Å². The normalized spacial score (nSPS) is 13.7. The predicted octanol–water partition coefficient (Wildman–Crippen LogP) is 3.02. The van der Waals surface area contributed by atoms with Gasteiger partial charge in [0, 0.05) is 23.4 Å². The van der Waals surface area contributed by atoms with Gasteiger partial charge in [-0.15, -0.1) is 0 Å². The molecule has 4 heteroatoms. The van der Waals surface area contributed by atoms with Crippen molar-refractivity contribution in [1.82, 2.24) is 4.98 Å². The lowest BCUT2D eigenvalue weighted by atomic mass is 10.1. The first-order valence-electron chi connectivity index (χ1n) is 6.27. The maximum absolute atomic E-state index is 8.99. The molecule has 19 heavy (non-hydrogen) atoms. The number of nitrogens with one attached hydrogen (secondary N) is 1. The molecule has 1 aliphatic rings. The summed E-state index contributed by atoms with van der Waals surface area (Å²) in [4.78, 5) is 3.22. The standard InChI is InChI=1S/C15H14N2O2/c1-10-12(9-16)7-13(17-10)11-3-4-14-15(8-11)19-6-2-5-18-14/h3-4,7-8,17H,2,5-6H2,1H3. The molecule has 0 saturated carbocycles. The van der Waals surface area contributed by atoms with Crippen molar-refractivity contribution in [3.8, 4) is 28.8 Å². The fourth-order valence-electron chi connectivity index (χ4n) is 2.16. The zero-order valence-electron chi connectivity index (χ0n) is 10.7. The summed E-state index contributed by atoms with van der Waals surface area (Å²) in [5.41, 5.74) is 3.46. The van der Waals surface area contributed by atoms with Gasteiger partial charge in [0.2, 0.25) is 0 Å². The van der Waals surface area contributed by atoms with E-state index in [1.807, 2.05) is 31.2 Å². The van der Waals surface area contributed by atoms with E-state index in [2.05, 4.69) is 11.1 Å². The second-order valence-corrected chi connectivity index (χ2v) is 4.55. The lowest BCUT2D eigenvalue weighted by Crippen LogP contribution is -1.97. The molecule has 3 rings (SSSR count). The number of H-pyrrole nitrogens is 1. The molecule has 0 aliphatic carbocycles. The summed E-state index contributed by atoms with van der Waals surface area (Å²) < 4.78 is 11.3. The number of aryl methyl sites for hydroxylation is 1. The molecule has 1 aliphatic heterocycles. The summed E-state index contributed by atoms with van der Waals surface area (Å²) in [6, 6.07) is 9.86. The van der Waals surface area contributed by atoms with E-state index < -0.39 is 0 Å². The van der Waals surface area contributed by atoms with Gasteiger partial charge in [-0.3, -0.25) is 0 Å². The maximum Gasteiger partial charge on any atom is 0.161 e. The molecular formula is C15H14N2O2. The summed E-state index contributed by atoms with van der Waals surface area (Å²) in [7, 11) is 0. The van der Waals surface area contributed by atoms with E-state index in [-0.39, 0.29) is 0 Å². The van der Waals surface area contributed by atoms with Gasteiger partial charge in [-0.2, -0.15) is 5.26 Å². The molecule has 0 spiro atoms. The van der Waals surface area contributed by atoms with Crippen molar-refractivity contribution in [3.05, 3.63) is 35.5 Å². The molecule has 1 N–H and O–H groups in total. The molecule has 0 unspecified atom stereocenters. The summed E-state index contributed by atoms with van der Waals surface area (Å²) in [5, 5.41) is 8.99. The summed E-state index contributed by atoms with van der Waals surface area (Å²) >= 11 is 0. The Bertz CT molecular complexity index is 653. The van der Waals surface area contributed by atoms with Gasteiger partial charge in [-0.05, 0) is 31.2 Å². The third-order valence-corrected chi connectivity index (χ3v) is 3.19. The van der Waals surface area contributed by atoms with Crippen molar-refractivity contribution >= 4 is 0 Å². The molecule has 1 aromatic heterocycles. The Kier molecular flexibility index (Phi) is 2.88. The van der Waals surface area contributed by atoms with E-state index in [1.54, 1.807) is 0 Å². The largest absolute Gasteiger partial charge is 0.490 e. The van der Waals surface area contributed by atoms with Crippen LogP contribution in [0.25, 0.3) is 11.3 Å². The van der Waals surface area contributed by atoms with Gasteiger partial charge in [0.1, 0.15) is 6.07 Å². The van der Waals surface area contributed by atoms with Crippen molar-refractivity contribution in [1.29, 1.82) is 5.26 Å². The number of fused-ring (bicyclic) bond motifs is 1.